The number of nitro benzene ring substituents is 1. The van der Waals surface area contributed by atoms with Crippen LogP contribution in [0.15, 0.2) is 42.5 Å². The second-order valence-electron chi connectivity index (χ2n) is 6.64. The van der Waals surface area contributed by atoms with Crippen LogP contribution in [-0.4, -0.2) is 49.9 Å². The standard InChI is InChI=1S/C19H20ClN3O6S/c20-18-11-16(23(25)26)5-6-17(18)19(24)21-12-14-3-1-2-4-15(14)13-30(27,28)22-7-9-29-10-8-22/h1-6,11H,7-10,12-13H2,(H,21,24). The molecule has 2 aromatic rings. The van der Waals surface area contributed by atoms with Gasteiger partial charge in [-0.1, -0.05) is 35.9 Å². The van der Waals surface area contributed by atoms with E-state index >= 15 is 0 Å². The number of benzene rings is 2. The Labute approximate surface area is 178 Å². The second-order valence-corrected chi connectivity index (χ2v) is 9.02. The molecule has 1 fully saturated rings. The number of hydrogen-bond acceptors (Lipinski definition) is 6. The number of amides is 1. The highest BCUT2D eigenvalue weighted by Gasteiger charge is 2.25. The molecule has 1 heterocycles. The van der Waals surface area contributed by atoms with E-state index in [9.17, 15) is 23.3 Å². The number of ether oxygens (including phenoxy) is 1. The van der Waals surface area contributed by atoms with Crippen LogP contribution in [0.1, 0.15) is 21.5 Å². The number of nitrogens with zero attached hydrogens (tertiary/aromatic N) is 2. The van der Waals surface area contributed by atoms with Crippen LogP contribution in [0.2, 0.25) is 5.02 Å². The summed E-state index contributed by atoms with van der Waals surface area (Å²) in [6.07, 6.45) is 0. The van der Waals surface area contributed by atoms with Gasteiger partial charge in [0.25, 0.3) is 11.6 Å². The van der Waals surface area contributed by atoms with Gasteiger partial charge in [-0.25, -0.2) is 8.42 Å². The normalized spacial score (nSPS) is 15.0. The minimum atomic E-state index is -3.51. The summed E-state index contributed by atoms with van der Waals surface area (Å²) in [5.41, 5.74) is 1.12. The summed E-state index contributed by atoms with van der Waals surface area (Å²) in [6, 6.07) is 10.5. The lowest BCUT2D eigenvalue weighted by molar-refractivity contribution is -0.384. The van der Waals surface area contributed by atoms with Gasteiger partial charge >= 0.3 is 0 Å². The van der Waals surface area contributed by atoms with Gasteiger partial charge in [-0.05, 0) is 17.2 Å². The highest BCUT2D eigenvalue weighted by atomic mass is 35.5. The zero-order chi connectivity index (χ0) is 21.7. The number of sulfonamides is 1. The number of carbonyl (C=O) groups excluding carboxylic acids is 1. The van der Waals surface area contributed by atoms with E-state index in [2.05, 4.69) is 5.32 Å². The van der Waals surface area contributed by atoms with Crippen LogP contribution in [-0.2, 0) is 27.1 Å². The molecule has 0 unspecified atom stereocenters. The van der Waals surface area contributed by atoms with Crippen molar-refractivity contribution >= 4 is 33.2 Å². The molecule has 0 atom stereocenters. The maximum absolute atomic E-state index is 12.7. The first kappa shape index (κ1) is 22.2. The van der Waals surface area contributed by atoms with Gasteiger partial charge in [-0.15, -0.1) is 0 Å². The molecule has 1 amide bonds. The number of rotatable bonds is 7. The second kappa shape index (κ2) is 9.52. The number of morpholine rings is 1. The quantitative estimate of drug-likeness (QED) is 0.507. The molecule has 1 saturated heterocycles. The van der Waals surface area contributed by atoms with Crippen molar-refractivity contribution in [2.24, 2.45) is 0 Å². The smallest absolute Gasteiger partial charge is 0.270 e. The van der Waals surface area contributed by atoms with E-state index in [-0.39, 0.29) is 28.6 Å². The molecule has 0 saturated carbocycles. The summed E-state index contributed by atoms with van der Waals surface area (Å²) < 4.78 is 32.0. The molecule has 0 aliphatic carbocycles. The van der Waals surface area contributed by atoms with Gasteiger partial charge in [0.2, 0.25) is 10.0 Å². The van der Waals surface area contributed by atoms with E-state index in [0.29, 0.717) is 37.4 Å². The van der Waals surface area contributed by atoms with Crippen LogP contribution in [0.3, 0.4) is 0 Å². The van der Waals surface area contributed by atoms with Crippen LogP contribution in [0.4, 0.5) is 5.69 Å². The van der Waals surface area contributed by atoms with Crippen LogP contribution in [0.25, 0.3) is 0 Å². The van der Waals surface area contributed by atoms with Crippen molar-refractivity contribution in [2.45, 2.75) is 12.3 Å². The number of nitrogens with one attached hydrogen (secondary N) is 1. The maximum Gasteiger partial charge on any atom is 0.270 e. The predicted molar refractivity (Wildman–Crippen MR) is 111 cm³/mol. The minimum absolute atomic E-state index is 0.0371. The Hall–Kier alpha value is -2.53. The third-order valence-corrected chi connectivity index (χ3v) is 6.81. The van der Waals surface area contributed by atoms with Crippen molar-refractivity contribution in [1.82, 2.24) is 9.62 Å². The van der Waals surface area contributed by atoms with Crippen molar-refractivity contribution < 1.29 is 22.9 Å². The molecule has 30 heavy (non-hydrogen) atoms. The summed E-state index contributed by atoms with van der Waals surface area (Å²) in [4.78, 5) is 22.7. The van der Waals surface area contributed by atoms with Crippen LogP contribution < -0.4 is 5.32 Å². The van der Waals surface area contributed by atoms with Gasteiger partial charge < -0.3 is 10.1 Å². The lowest BCUT2D eigenvalue weighted by Gasteiger charge is -2.26. The van der Waals surface area contributed by atoms with E-state index in [1.165, 1.54) is 16.4 Å². The van der Waals surface area contributed by atoms with Crippen molar-refractivity contribution in [3.63, 3.8) is 0 Å². The molecule has 0 spiro atoms. The fourth-order valence-corrected chi connectivity index (χ4v) is 4.88. The van der Waals surface area contributed by atoms with E-state index in [1.807, 2.05) is 0 Å². The Morgan fingerprint density at radius 3 is 2.47 bits per heavy atom. The first-order chi connectivity index (χ1) is 14.3. The number of nitro groups is 1. The largest absolute Gasteiger partial charge is 0.379 e. The zero-order valence-electron chi connectivity index (χ0n) is 15.9. The van der Waals surface area contributed by atoms with Crippen LogP contribution >= 0.6 is 11.6 Å². The van der Waals surface area contributed by atoms with Crippen molar-refractivity contribution in [3.05, 3.63) is 74.3 Å². The topological polar surface area (TPSA) is 119 Å². The molecule has 2 aromatic carbocycles. The Morgan fingerprint density at radius 1 is 1.17 bits per heavy atom. The Kier molecular flexibility index (Phi) is 7.03. The molecule has 9 nitrogen and oxygen atoms in total. The van der Waals surface area contributed by atoms with E-state index in [1.54, 1.807) is 24.3 Å². The first-order valence-corrected chi connectivity index (χ1v) is 11.1. The average Bonchev–Trinajstić information content (AvgIpc) is 2.73. The molecular weight excluding hydrogens is 434 g/mol. The van der Waals surface area contributed by atoms with Gasteiger partial charge in [-0.2, -0.15) is 4.31 Å². The average molecular weight is 454 g/mol. The maximum atomic E-state index is 12.7. The fraction of sp³-hybridized carbons (Fsp3) is 0.316. The van der Waals surface area contributed by atoms with Crippen molar-refractivity contribution in [1.29, 1.82) is 0 Å². The van der Waals surface area contributed by atoms with E-state index in [4.69, 9.17) is 16.3 Å². The van der Waals surface area contributed by atoms with Gasteiger partial charge in [0.1, 0.15) is 0 Å². The number of hydrogen-bond donors (Lipinski definition) is 1. The predicted octanol–water partition coefficient (Wildman–Crippen LogP) is 2.34. The Balaban J connectivity index is 1.71. The molecule has 1 N–H and O–H groups in total. The molecule has 1 aliphatic heterocycles. The highest BCUT2D eigenvalue weighted by molar-refractivity contribution is 7.88. The summed E-state index contributed by atoms with van der Waals surface area (Å²) in [7, 11) is -3.51. The molecule has 1 aliphatic rings. The minimum Gasteiger partial charge on any atom is -0.379 e. The Morgan fingerprint density at radius 2 is 1.83 bits per heavy atom. The molecular formula is C19H20ClN3O6S. The molecule has 0 aromatic heterocycles. The van der Waals surface area contributed by atoms with Gasteiger partial charge in [0.15, 0.2) is 0 Å². The van der Waals surface area contributed by atoms with E-state index < -0.39 is 20.9 Å². The lowest BCUT2D eigenvalue weighted by Crippen LogP contribution is -2.41. The monoisotopic (exact) mass is 453 g/mol. The number of halogens is 1. The molecule has 3 rings (SSSR count). The third-order valence-electron chi connectivity index (χ3n) is 4.67. The molecule has 11 heteroatoms. The molecule has 160 valence electrons. The molecule has 0 bridgehead atoms. The molecule has 0 radical (unpaired) electrons. The van der Waals surface area contributed by atoms with Gasteiger partial charge in [0.05, 0.1) is 34.5 Å². The van der Waals surface area contributed by atoms with Gasteiger partial charge in [-0.3, -0.25) is 14.9 Å². The first-order valence-electron chi connectivity index (χ1n) is 9.12. The van der Waals surface area contributed by atoms with Crippen molar-refractivity contribution in [2.75, 3.05) is 26.3 Å². The van der Waals surface area contributed by atoms with Crippen LogP contribution in [0, 0.1) is 10.1 Å². The highest BCUT2D eigenvalue weighted by Crippen LogP contribution is 2.23. The lowest BCUT2D eigenvalue weighted by atomic mass is 10.1. The number of non-ortho nitro benzene ring substituents is 1. The summed E-state index contributed by atoms with van der Waals surface area (Å²) in [5.74, 6) is -0.696. The summed E-state index contributed by atoms with van der Waals surface area (Å²) >= 11 is 5.99. The summed E-state index contributed by atoms with van der Waals surface area (Å²) in [6.45, 7) is 1.46. The SMILES string of the molecule is O=C(NCc1ccccc1CS(=O)(=O)N1CCOCC1)c1ccc([N+](=O)[O-])cc1Cl. The summed E-state index contributed by atoms with van der Waals surface area (Å²) in [5, 5.41) is 13.4. The fourth-order valence-electron chi connectivity index (χ4n) is 3.06. The number of carbonyl (C=O) groups is 1. The van der Waals surface area contributed by atoms with E-state index in [0.717, 1.165) is 6.07 Å². The van der Waals surface area contributed by atoms with Gasteiger partial charge in [0, 0.05) is 31.8 Å². The van der Waals surface area contributed by atoms with Crippen molar-refractivity contribution in [3.8, 4) is 0 Å². The Bertz CT molecular complexity index is 1050. The van der Waals surface area contributed by atoms with Crippen LogP contribution in [0.5, 0.6) is 0 Å². The zero-order valence-corrected chi connectivity index (χ0v) is 17.5. The third kappa shape index (κ3) is 5.33.